The summed E-state index contributed by atoms with van der Waals surface area (Å²) in [6.45, 7) is 3.70. The maximum absolute atomic E-state index is 12.0. The number of benzene rings is 1. The molecule has 27 heavy (non-hydrogen) atoms. The molecule has 2 fully saturated rings. The van der Waals surface area contributed by atoms with Gasteiger partial charge >= 0.3 is 0 Å². The van der Waals surface area contributed by atoms with Crippen LogP contribution in [0.3, 0.4) is 0 Å². The number of hydrogen-bond acceptors (Lipinski definition) is 4. The van der Waals surface area contributed by atoms with Crippen LogP contribution in [0.5, 0.6) is 0 Å². The van der Waals surface area contributed by atoms with E-state index in [-0.39, 0.29) is 0 Å². The molecule has 0 radical (unpaired) electrons. The number of aromatic nitrogens is 3. The van der Waals surface area contributed by atoms with Gasteiger partial charge in [0.1, 0.15) is 0 Å². The average Bonchev–Trinajstić information content (AvgIpc) is 3.22. The minimum atomic E-state index is 0.331. The van der Waals surface area contributed by atoms with Gasteiger partial charge in [0.15, 0.2) is 0 Å². The first-order valence-corrected chi connectivity index (χ1v) is 10.2. The van der Waals surface area contributed by atoms with E-state index in [0.29, 0.717) is 22.0 Å². The van der Waals surface area contributed by atoms with Crippen molar-refractivity contribution < 1.29 is 4.79 Å². The molecule has 1 amide bonds. The van der Waals surface area contributed by atoms with Crippen LogP contribution in [0.25, 0.3) is 5.69 Å². The summed E-state index contributed by atoms with van der Waals surface area (Å²) in [6, 6.07) is 5.81. The van der Waals surface area contributed by atoms with E-state index in [1.54, 1.807) is 16.8 Å². The van der Waals surface area contributed by atoms with Crippen molar-refractivity contribution in [3.63, 3.8) is 0 Å². The van der Waals surface area contributed by atoms with Gasteiger partial charge in [-0.2, -0.15) is 0 Å². The number of likely N-dealkylation sites (tertiary alicyclic amines) is 2. The molecule has 2 saturated heterocycles. The monoisotopic (exact) mass is 407 g/mol. The molecule has 2 aromatic rings. The van der Waals surface area contributed by atoms with Gasteiger partial charge < -0.3 is 4.90 Å². The highest BCUT2D eigenvalue weighted by Gasteiger charge is 2.29. The number of carbonyl (C=O) groups excluding carboxylic acids is 1. The Morgan fingerprint density at radius 3 is 2.74 bits per heavy atom. The van der Waals surface area contributed by atoms with E-state index in [1.165, 1.54) is 0 Å². The van der Waals surface area contributed by atoms with E-state index in [1.807, 2.05) is 12.3 Å². The third-order valence-electron chi connectivity index (χ3n) is 5.44. The molecular formula is C19H23Cl2N5O. The molecule has 0 saturated carbocycles. The van der Waals surface area contributed by atoms with Gasteiger partial charge in [-0.3, -0.25) is 9.69 Å². The maximum atomic E-state index is 12.0. The lowest BCUT2D eigenvalue weighted by atomic mass is 10.1. The summed E-state index contributed by atoms with van der Waals surface area (Å²) in [5.74, 6) is 0.331. The SMILES string of the molecule is O=C1CCCN1C1CCCN(Cc2cn(-c3ccc(Cl)c(Cl)c3)nn2)CC1. The fourth-order valence-corrected chi connectivity index (χ4v) is 4.31. The van der Waals surface area contributed by atoms with Crippen LogP contribution in [0.15, 0.2) is 24.4 Å². The van der Waals surface area contributed by atoms with E-state index >= 15 is 0 Å². The number of rotatable bonds is 4. The van der Waals surface area contributed by atoms with Crippen LogP contribution in [-0.4, -0.2) is 56.4 Å². The Morgan fingerprint density at radius 2 is 1.96 bits per heavy atom. The normalized spacial score (nSPS) is 21.6. The molecule has 1 unspecified atom stereocenters. The summed E-state index contributed by atoms with van der Waals surface area (Å²) < 4.78 is 1.72. The Morgan fingerprint density at radius 1 is 1.07 bits per heavy atom. The molecule has 1 atom stereocenters. The standard InChI is InChI=1S/C19H23Cl2N5O/c20-17-6-5-16(11-18(17)21)26-13-14(22-23-26)12-24-8-1-3-15(7-10-24)25-9-2-4-19(25)27/h5-6,11,13,15H,1-4,7-10,12H2. The van der Waals surface area contributed by atoms with Crippen molar-refractivity contribution in [3.05, 3.63) is 40.1 Å². The van der Waals surface area contributed by atoms with E-state index < -0.39 is 0 Å². The van der Waals surface area contributed by atoms with E-state index in [9.17, 15) is 4.79 Å². The zero-order valence-corrected chi connectivity index (χ0v) is 16.7. The second kappa shape index (κ2) is 8.17. The summed E-state index contributed by atoms with van der Waals surface area (Å²) in [5, 5.41) is 9.55. The fourth-order valence-electron chi connectivity index (χ4n) is 4.02. The molecule has 0 N–H and O–H groups in total. The van der Waals surface area contributed by atoms with E-state index in [4.69, 9.17) is 23.2 Å². The third kappa shape index (κ3) is 4.28. The van der Waals surface area contributed by atoms with Gasteiger partial charge in [-0.1, -0.05) is 28.4 Å². The Bertz CT molecular complexity index is 824. The van der Waals surface area contributed by atoms with Gasteiger partial charge in [-0.05, 0) is 50.4 Å². The number of nitrogens with zero attached hydrogens (tertiary/aromatic N) is 5. The van der Waals surface area contributed by atoms with Crippen molar-refractivity contribution in [2.24, 2.45) is 0 Å². The summed E-state index contributed by atoms with van der Waals surface area (Å²) in [7, 11) is 0. The first-order valence-electron chi connectivity index (χ1n) is 9.48. The van der Waals surface area contributed by atoms with Gasteiger partial charge in [0.2, 0.25) is 5.91 Å². The highest BCUT2D eigenvalue weighted by Crippen LogP contribution is 2.25. The average molecular weight is 408 g/mol. The number of amides is 1. The molecule has 2 aliphatic heterocycles. The topological polar surface area (TPSA) is 54.3 Å². The Hall–Kier alpha value is -1.63. The zero-order chi connectivity index (χ0) is 18.8. The quantitative estimate of drug-likeness (QED) is 0.777. The van der Waals surface area contributed by atoms with Gasteiger partial charge in [0.05, 0.1) is 27.6 Å². The summed E-state index contributed by atoms with van der Waals surface area (Å²) in [4.78, 5) is 16.5. The highest BCUT2D eigenvalue weighted by atomic mass is 35.5. The fraction of sp³-hybridized carbons (Fsp3) is 0.526. The Labute approximate surface area is 169 Å². The lowest BCUT2D eigenvalue weighted by Gasteiger charge is -2.26. The van der Waals surface area contributed by atoms with Crippen LogP contribution in [0, 0.1) is 0 Å². The molecule has 1 aromatic heterocycles. The lowest BCUT2D eigenvalue weighted by molar-refractivity contribution is -0.129. The van der Waals surface area contributed by atoms with Gasteiger partial charge in [0, 0.05) is 32.1 Å². The summed E-state index contributed by atoms with van der Waals surface area (Å²) >= 11 is 12.1. The molecule has 2 aliphatic rings. The smallest absolute Gasteiger partial charge is 0.222 e. The highest BCUT2D eigenvalue weighted by molar-refractivity contribution is 6.42. The van der Waals surface area contributed by atoms with Crippen LogP contribution in [-0.2, 0) is 11.3 Å². The summed E-state index contributed by atoms with van der Waals surface area (Å²) in [5.41, 5.74) is 1.77. The zero-order valence-electron chi connectivity index (χ0n) is 15.2. The molecule has 0 spiro atoms. The molecule has 3 heterocycles. The van der Waals surface area contributed by atoms with Crippen molar-refractivity contribution in [3.8, 4) is 5.69 Å². The predicted octanol–water partition coefficient (Wildman–Crippen LogP) is 3.55. The number of halogens is 2. The molecule has 6 nitrogen and oxygen atoms in total. The summed E-state index contributed by atoms with van der Waals surface area (Å²) in [6.07, 6.45) is 6.90. The van der Waals surface area contributed by atoms with Crippen molar-refractivity contribution in [1.29, 1.82) is 0 Å². The van der Waals surface area contributed by atoms with E-state index in [2.05, 4.69) is 20.1 Å². The minimum absolute atomic E-state index is 0.331. The lowest BCUT2D eigenvalue weighted by Crippen LogP contribution is -2.37. The number of hydrogen-bond donors (Lipinski definition) is 0. The Kier molecular flexibility index (Phi) is 5.66. The minimum Gasteiger partial charge on any atom is -0.340 e. The first kappa shape index (κ1) is 18.7. The van der Waals surface area contributed by atoms with Gasteiger partial charge in [-0.15, -0.1) is 5.10 Å². The van der Waals surface area contributed by atoms with Crippen molar-refractivity contribution in [1.82, 2.24) is 24.8 Å². The molecule has 8 heteroatoms. The van der Waals surface area contributed by atoms with Gasteiger partial charge in [0.25, 0.3) is 0 Å². The molecule has 4 rings (SSSR count). The molecule has 1 aromatic carbocycles. The van der Waals surface area contributed by atoms with Crippen molar-refractivity contribution in [2.45, 2.75) is 44.7 Å². The second-order valence-electron chi connectivity index (χ2n) is 7.30. The van der Waals surface area contributed by atoms with Crippen LogP contribution >= 0.6 is 23.2 Å². The maximum Gasteiger partial charge on any atom is 0.222 e. The second-order valence-corrected chi connectivity index (χ2v) is 8.12. The molecule has 0 aliphatic carbocycles. The van der Waals surface area contributed by atoms with Crippen LogP contribution < -0.4 is 0 Å². The predicted molar refractivity (Wildman–Crippen MR) is 105 cm³/mol. The third-order valence-corrected chi connectivity index (χ3v) is 6.17. The molecular weight excluding hydrogens is 385 g/mol. The van der Waals surface area contributed by atoms with Crippen LogP contribution in [0.4, 0.5) is 0 Å². The van der Waals surface area contributed by atoms with Crippen molar-refractivity contribution >= 4 is 29.1 Å². The van der Waals surface area contributed by atoms with Crippen LogP contribution in [0.2, 0.25) is 10.0 Å². The molecule has 0 bridgehead atoms. The van der Waals surface area contributed by atoms with Crippen LogP contribution in [0.1, 0.15) is 37.8 Å². The number of carbonyl (C=O) groups is 1. The largest absolute Gasteiger partial charge is 0.340 e. The van der Waals surface area contributed by atoms with E-state index in [0.717, 1.165) is 69.7 Å². The first-order chi connectivity index (χ1) is 13.1. The Balaban J connectivity index is 1.37. The van der Waals surface area contributed by atoms with Crippen molar-refractivity contribution in [2.75, 3.05) is 19.6 Å². The molecule has 144 valence electrons. The van der Waals surface area contributed by atoms with Gasteiger partial charge in [-0.25, -0.2) is 4.68 Å².